The Labute approximate surface area is 186 Å². The third-order valence-electron chi connectivity index (χ3n) is 5.21. The molecule has 3 aliphatic rings. The molecule has 0 saturated carbocycles. The maximum atomic E-state index is 9.17. The van der Waals surface area contributed by atoms with Crippen LogP contribution in [0.25, 0.3) is 0 Å². The number of hydrogen-bond acceptors (Lipinski definition) is 7. The SMILES string of the molecule is CCC=O.CCN1CCN(C)CC1.CCN1CCNCC1.CN1CCNCC1.Cl. The molecule has 29 heavy (non-hydrogen) atoms. The van der Waals surface area contributed by atoms with Crippen LogP contribution in [0.15, 0.2) is 0 Å². The zero-order valence-electron chi connectivity index (χ0n) is 19.8. The zero-order chi connectivity index (χ0) is 21.0. The van der Waals surface area contributed by atoms with Gasteiger partial charge in [-0.1, -0.05) is 20.8 Å². The molecule has 0 bridgehead atoms. The van der Waals surface area contributed by atoms with Gasteiger partial charge in [-0.2, -0.15) is 0 Å². The van der Waals surface area contributed by atoms with Gasteiger partial charge in [0.1, 0.15) is 6.29 Å². The van der Waals surface area contributed by atoms with Crippen molar-refractivity contribution in [3.8, 4) is 0 Å². The molecule has 3 saturated heterocycles. The summed E-state index contributed by atoms with van der Waals surface area (Å²) < 4.78 is 0. The van der Waals surface area contributed by atoms with Crippen LogP contribution >= 0.6 is 12.4 Å². The van der Waals surface area contributed by atoms with Gasteiger partial charge in [-0.15, -0.1) is 12.4 Å². The molecule has 7 nitrogen and oxygen atoms in total. The molecule has 0 unspecified atom stereocenters. The van der Waals surface area contributed by atoms with Gasteiger partial charge in [0.2, 0.25) is 0 Å². The van der Waals surface area contributed by atoms with Crippen LogP contribution in [-0.4, -0.2) is 132 Å². The van der Waals surface area contributed by atoms with Gasteiger partial charge in [-0.05, 0) is 27.2 Å². The summed E-state index contributed by atoms with van der Waals surface area (Å²) in [6.07, 6.45) is 1.51. The molecule has 0 aromatic heterocycles. The lowest BCUT2D eigenvalue weighted by Crippen LogP contribution is -2.44. The highest BCUT2D eigenvalue weighted by Crippen LogP contribution is 1.96. The fourth-order valence-corrected chi connectivity index (χ4v) is 2.97. The molecule has 3 rings (SSSR count). The third kappa shape index (κ3) is 19.4. The molecule has 0 amide bonds. The topological polar surface area (TPSA) is 54.1 Å². The molecule has 0 atom stereocenters. The highest BCUT2D eigenvalue weighted by molar-refractivity contribution is 5.85. The number of carbonyl (C=O) groups is 1. The third-order valence-corrected chi connectivity index (χ3v) is 5.21. The quantitative estimate of drug-likeness (QED) is 0.631. The summed E-state index contributed by atoms with van der Waals surface area (Å²) in [5.41, 5.74) is 0. The van der Waals surface area contributed by atoms with E-state index in [9.17, 15) is 4.79 Å². The number of hydrogen-bond donors (Lipinski definition) is 2. The molecule has 0 aromatic rings. The highest BCUT2D eigenvalue weighted by atomic mass is 35.5. The summed E-state index contributed by atoms with van der Waals surface area (Å²) in [4.78, 5) is 18.8. The van der Waals surface area contributed by atoms with E-state index in [1.807, 2.05) is 6.92 Å². The van der Waals surface area contributed by atoms with E-state index < -0.39 is 0 Å². The zero-order valence-corrected chi connectivity index (χ0v) is 20.6. The van der Waals surface area contributed by atoms with Crippen molar-refractivity contribution in [3.05, 3.63) is 0 Å². The Balaban J connectivity index is 0. The van der Waals surface area contributed by atoms with Crippen molar-refractivity contribution in [2.24, 2.45) is 0 Å². The number of aldehydes is 1. The fourth-order valence-electron chi connectivity index (χ4n) is 2.97. The molecule has 3 fully saturated rings. The first-order valence-corrected chi connectivity index (χ1v) is 11.2. The second-order valence-electron chi connectivity index (χ2n) is 7.55. The van der Waals surface area contributed by atoms with Gasteiger partial charge in [0.15, 0.2) is 0 Å². The van der Waals surface area contributed by atoms with Crippen LogP contribution in [0.1, 0.15) is 27.2 Å². The summed E-state index contributed by atoms with van der Waals surface area (Å²) in [5, 5.41) is 6.58. The molecule has 3 heterocycles. The molecule has 2 N–H and O–H groups in total. The van der Waals surface area contributed by atoms with Crippen molar-refractivity contribution in [1.29, 1.82) is 0 Å². The van der Waals surface area contributed by atoms with Crippen LogP contribution in [-0.2, 0) is 4.79 Å². The molecule has 3 aliphatic heterocycles. The van der Waals surface area contributed by atoms with Gasteiger partial charge >= 0.3 is 0 Å². The summed E-state index contributed by atoms with van der Waals surface area (Å²) in [6.45, 7) is 23.2. The second kappa shape index (κ2) is 22.4. The van der Waals surface area contributed by atoms with E-state index >= 15 is 0 Å². The lowest BCUT2D eigenvalue weighted by atomic mass is 10.3. The van der Waals surface area contributed by atoms with Crippen LogP contribution in [0.2, 0.25) is 0 Å². The number of nitrogens with one attached hydrogen (secondary N) is 2. The number of carbonyl (C=O) groups excluding carboxylic acids is 1. The number of nitrogens with zero attached hydrogens (tertiary/aromatic N) is 4. The van der Waals surface area contributed by atoms with Gasteiger partial charge in [0.25, 0.3) is 0 Å². The lowest BCUT2D eigenvalue weighted by Gasteiger charge is -2.31. The van der Waals surface area contributed by atoms with Crippen LogP contribution < -0.4 is 10.6 Å². The first-order valence-electron chi connectivity index (χ1n) is 11.2. The molecule has 0 radical (unpaired) electrons. The van der Waals surface area contributed by atoms with E-state index in [0.29, 0.717) is 6.42 Å². The fraction of sp³-hybridized carbons (Fsp3) is 0.952. The van der Waals surface area contributed by atoms with E-state index in [4.69, 9.17) is 0 Å². The predicted octanol–water partition coefficient (Wildman–Crippen LogP) is 0.704. The van der Waals surface area contributed by atoms with Gasteiger partial charge in [0, 0.05) is 85.0 Å². The maximum absolute atomic E-state index is 9.17. The van der Waals surface area contributed by atoms with Crippen LogP contribution in [0, 0.1) is 0 Å². The minimum Gasteiger partial charge on any atom is -0.314 e. The molecule has 176 valence electrons. The Hall–Kier alpha value is -0.280. The number of rotatable bonds is 3. The minimum absolute atomic E-state index is 0. The molecule has 8 heteroatoms. The van der Waals surface area contributed by atoms with E-state index in [0.717, 1.165) is 19.4 Å². The molecule has 0 spiro atoms. The van der Waals surface area contributed by atoms with Crippen LogP contribution in [0.3, 0.4) is 0 Å². The van der Waals surface area contributed by atoms with Gasteiger partial charge in [0.05, 0.1) is 0 Å². The van der Waals surface area contributed by atoms with Crippen molar-refractivity contribution in [2.75, 3.05) is 106 Å². The number of piperazine rings is 3. The van der Waals surface area contributed by atoms with Crippen molar-refractivity contribution in [3.63, 3.8) is 0 Å². The smallest absolute Gasteiger partial charge is 0.119 e. The van der Waals surface area contributed by atoms with Gasteiger partial charge in [-0.3, -0.25) is 0 Å². The van der Waals surface area contributed by atoms with Crippen molar-refractivity contribution < 1.29 is 4.79 Å². The molecular weight excluding hydrogens is 388 g/mol. The summed E-state index contributed by atoms with van der Waals surface area (Å²) >= 11 is 0. The average molecular weight is 437 g/mol. The van der Waals surface area contributed by atoms with E-state index in [-0.39, 0.29) is 12.4 Å². The molecular formula is C21H49ClN6O. The summed E-state index contributed by atoms with van der Waals surface area (Å²) in [7, 11) is 4.34. The summed E-state index contributed by atoms with van der Waals surface area (Å²) in [5.74, 6) is 0. The van der Waals surface area contributed by atoms with Crippen molar-refractivity contribution in [1.82, 2.24) is 30.2 Å². The Kier molecular flexibility index (Phi) is 23.9. The highest BCUT2D eigenvalue weighted by Gasteiger charge is 2.10. The minimum atomic E-state index is 0. The Bertz CT molecular complexity index is 331. The predicted molar refractivity (Wildman–Crippen MR) is 129 cm³/mol. The lowest BCUT2D eigenvalue weighted by molar-refractivity contribution is -0.107. The normalized spacial score (nSPS) is 21.1. The second-order valence-corrected chi connectivity index (χ2v) is 7.55. The van der Waals surface area contributed by atoms with Crippen molar-refractivity contribution >= 4 is 18.7 Å². The molecule has 0 aromatic carbocycles. The van der Waals surface area contributed by atoms with E-state index in [2.05, 4.69) is 58.2 Å². The largest absolute Gasteiger partial charge is 0.314 e. The number of likely N-dealkylation sites (N-methyl/N-ethyl adjacent to an activating group) is 4. The first-order chi connectivity index (χ1) is 13.6. The van der Waals surface area contributed by atoms with Crippen LogP contribution in [0.5, 0.6) is 0 Å². The molecule has 0 aliphatic carbocycles. The van der Waals surface area contributed by atoms with Gasteiger partial charge in [-0.25, -0.2) is 0 Å². The van der Waals surface area contributed by atoms with E-state index in [1.54, 1.807) is 0 Å². The average Bonchev–Trinajstić information content (AvgIpc) is 2.76. The van der Waals surface area contributed by atoms with Crippen molar-refractivity contribution in [2.45, 2.75) is 27.2 Å². The number of halogens is 1. The Morgan fingerprint density at radius 3 is 1.28 bits per heavy atom. The standard InChI is InChI=1S/C7H16N2.C6H14N2.C5H12N2.C3H6O.ClH/c1-3-9-6-4-8(2)5-7-9;1-2-8-5-3-7-4-6-8;1-7-4-2-6-3-5-7;1-2-3-4;/h3-7H2,1-2H3;7H,2-6H2,1H3;6H,2-5H2,1H3;3H,2H2,1H3;1H. The van der Waals surface area contributed by atoms with Gasteiger partial charge < -0.3 is 35.0 Å². The summed E-state index contributed by atoms with van der Waals surface area (Å²) in [6, 6.07) is 0. The maximum Gasteiger partial charge on any atom is 0.119 e. The first kappa shape index (κ1) is 30.9. The van der Waals surface area contributed by atoms with E-state index in [1.165, 1.54) is 78.5 Å². The monoisotopic (exact) mass is 436 g/mol. The Morgan fingerprint density at radius 2 is 1.00 bits per heavy atom. The van der Waals surface area contributed by atoms with Crippen LogP contribution in [0.4, 0.5) is 0 Å². The Morgan fingerprint density at radius 1 is 0.655 bits per heavy atom.